The van der Waals surface area contributed by atoms with Gasteiger partial charge in [-0.1, -0.05) is 50.6 Å². The molecule has 3 heteroatoms. The van der Waals surface area contributed by atoms with Crippen LogP contribution in [-0.4, -0.2) is 24.0 Å². The van der Waals surface area contributed by atoms with E-state index < -0.39 is 0 Å². The summed E-state index contributed by atoms with van der Waals surface area (Å²) in [7, 11) is 0. The summed E-state index contributed by atoms with van der Waals surface area (Å²) in [5.74, 6) is 1.37. The number of hydrogen-bond acceptors (Lipinski definition) is 3. The Bertz CT molecular complexity index is 474. The minimum atomic E-state index is 0.304. The van der Waals surface area contributed by atoms with Crippen molar-refractivity contribution in [1.82, 2.24) is 0 Å². The lowest BCUT2D eigenvalue weighted by atomic mass is 9.83. The maximum Gasteiger partial charge on any atom is 0.0698 e. The minimum absolute atomic E-state index is 0.304. The Morgan fingerprint density at radius 3 is 2.67 bits per heavy atom. The Balaban J connectivity index is 2.45. The summed E-state index contributed by atoms with van der Waals surface area (Å²) in [5, 5.41) is 8.93. The number of rotatable bonds is 12. The summed E-state index contributed by atoms with van der Waals surface area (Å²) in [6, 6.07) is 0. The zero-order chi connectivity index (χ0) is 17.6. The number of allylic oxidation sites excluding steroid dienone is 6. The molecule has 24 heavy (non-hydrogen) atoms. The second kappa shape index (κ2) is 12.9. The molecular weight excluding hydrogens is 296 g/mol. The second-order valence-corrected chi connectivity index (χ2v) is 6.54. The van der Waals surface area contributed by atoms with Crippen molar-refractivity contribution < 1.29 is 5.11 Å². The van der Waals surface area contributed by atoms with Crippen molar-refractivity contribution in [2.45, 2.75) is 51.9 Å². The molecule has 0 aliphatic heterocycles. The van der Waals surface area contributed by atoms with E-state index in [-0.39, 0.29) is 0 Å². The second-order valence-electron chi connectivity index (χ2n) is 6.54. The highest BCUT2D eigenvalue weighted by Gasteiger charge is 2.15. The molecule has 1 aliphatic rings. The third kappa shape index (κ3) is 7.89. The first-order valence-corrected chi connectivity index (χ1v) is 9.27. The molecule has 0 heterocycles. The molecule has 0 spiro atoms. The first-order valence-electron chi connectivity index (χ1n) is 9.27. The van der Waals surface area contributed by atoms with E-state index in [0.717, 1.165) is 37.9 Å². The molecule has 0 fully saturated rings. The highest BCUT2D eigenvalue weighted by Crippen LogP contribution is 2.26. The molecule has 1 aliphatic carbocycles. The van der Waals surface area contributed by atoms with E-state index in [4.69, 9.17) is 10.8 Å². The molecule has 2 unspecified atom stereocenters. The Labute approximate surface area is 147 Å². The monoisotopic (exact) mass is 330 g/mol. The standard InChI is InChI=1S/C21H34N2O/c1-3-23-21-14-7-6-13-20(21)12-5-4-11-19(15-16-22)18(2)10-8-9-17-24/h3,6-7,12-14,18-19,24H,1,4-5,8-11,15-17,22H2,2H3/b20-12+,23-21?. The number of aliphatic hydroxyl groups is 1. The van der Waals surface area contributed by atoms with Gasteiger partial charge in [-0.15, -0.1) is 0 Å². The topological polar surface area (TPSA) is 58.6 Å². The van der Waals surface area contributed by atoms with Gasteiger partial charge in [-0.3, -0.25) is 4.99 Å². The zero-order valence-corrected chi connectivity index (χ0v) is 15.2. The molecular formula is C21H34N2O. The molecule has 0 aromatic rings. The molecule has 0 aromatic carbocycles. The summed E-state index contributed by atoms with van der Waals surface area (Å²) >= 11 is 0. The van der Waals surface area contributed by atoms with Crippen LogP contribution in [0.25, 0.3) is 0 Å². The number of nitrogens with zero attached hydrogens (tertiary/aromatic N) is 1. The average molecular weight is 331 g/mol. The molecule has 0 saturated carbocycles. The highest BCUT2D eigenvalue weighted by molar-refractivity contribution is 6.11. The van der Waals surface area contributed by atoms with Gasteiger partial charge in [-0.25, -0.2) is 0 Å². The van der Waals surface area contributed by atoms with Gasteiger partial charge in [0, 0.05) is 12.8 Å². The van der Waals surface area contributed by atoms with Crippen molar-refractivity contribution >= 4 is 5.71 Å². The summed E-state index contributed by atoms with van der Waals surface area (Å²) in [4.78, 5) is 4.32. The van der Waals surface area contributed by atoms with E-state index in [1.165, 1.54) is 24.8 Å². The minimum Gasteiger partial charge on any atom is -0.396 e. The van der Waals surface area contributed by atoms with Crippen LogP contribution in [0.3, 0.4) is 0 Å². The van der Waals surface area contributed by atoms with Gasteiger partial charge in [0.1, 0.15) is 0 Å². The summed E-state index contributed by atoms with van der Waals surface area (Å²) in [5.41, 5.74) is 7.97. The van der Waals surface area contributed by atoms with Crippen LogP contribution in [0.4, 0.5) is 0 Å². The van der Waals surface area contributed by atoms with Crippen LogP contribution in [-0.2, 0) is 0 Å². The summed E-state index contributed by atoms with van der Waals surface area (Å²) in [6.07, 6.45) is 19.8. The molecule has 1 rings (SSSR count). The van der Waals surface area contributed by atoms with Crippen molar-refractivity contribution in [2.75, 3.05) is 13.2 Å². The SMILES string of the molecule is C=CN=C1C=CC=C/C1=C\CCCC(CCN)C(C)CCCCO. The molecule has 0 amide bonds. The van der Waals surface area contributed by atoms with Crippen molar-refractivity contribution in [3.8, 4) is 0 Å². The molecule has 3 N–H and O–H groups in total. The van der Waals surface area contributed by atoms with Gasteiger partial charge >= 0.3 is 0 Å². The van der Waals surface area contributed by atoms with Gasteiger partial charge in [0.15, 0.2) is 0 Å². The van der Waals surface area contributed by atoms with Crippen molar-refractivity contribution in [2.24, 2.45) is 22.6 Å². The fraction of sp³-hybridized carbons (Fsp3) is 0.571. The zero-order valence-electron chi connectivity index (χ0n) is 15.2. The maximum atomic E-state index is 8.93. The fourth-order valence-corrected chi connectivity index (χ4v) is 3.25. The van der Waals surface area contributed by atoms with E-state index in [2.05, 4.69) is 36.7 Å². The predicted octanol–water partition coefficient (Wildman–Crippen LogP) is 4.56. The molecule has 2 atom stereocenters. The maximum absolute atomic E-state index is 8.93. The van der Waals surface area contributed by atoms with Crippen molar-refractivity contribution in [1.29, 1.82) is 0 Å². The van der Waals surface area contributed by atoms with E-state index in [1.807, 2.05) is 12.2 Å². The quantitative estimate of drug-likeness (QED) is 0.515. The van der Waals surface area contributed by atoms with E-state index >= 15 is 0 Å². The van der Waals surface area contributed by atoms with Crippen LogP contribution >= 0.6 is 0 Å². The van der Waals surface area contributed by atoms with Gasteiger partial charge in [0.2, 0.25) is 0 Å². The summed E-state index contributed by atoms with van der Waals surface area (Å²) in [6.45, 7) is 7.08. The van der Waals surface area contributed by atoms with Crippen LogP contribution < -0.4 is 5.73 Å². The Kier molecular flexibility index (Phi) is 11.1. The average Bonchev–Trinajstić information content (AvgIpc) is 2.59. The lowest BCUT2D eigenvalue weighted by Gasteiger charge is -2.23. The third-order valence-corrected chi connectivity index (χ3v) is 4.72. The smallest absolute Gasteiger partial charge is 0.0698 e. The predicted molar refractivity (Wildman–Crippen MR) is 105 cm³/mol. The molecule has 0 bridgehead atoms. The number of aliphatic imine (C=N–C) groups is 1. The van der Waals surface area contributed by atoms with E-state index in [1.54, 1.807) is 6.20 Å². The Morgan fingerprint density at radius 2 is 1.96 bits per heavy atom. The first kappa shape index (κ1) is 20.6. The highest BCUT2D eigenvalue weighted by atomic mass is 16.2. The van der Waals surface area contributed by atoms with Crippen molar-refractivity contribution in [3.63, 3.8) is 0 Å². The largest absolute Gasteiger partial charge is 0.396 e. The van der Waals surface area contributed by atoms with Gasteiger partial charge in [-0.2, -0.15) is 0 Å². The van der Waals surface area contributed by atoms with Crippen LogP contribution in [0.1, 0.15) is 51.9 Å². The van der Waals surface area contributed by atoms with Crippen LogP contribution in [0.2, 0.25) is 0 Å². The Morgan fingerprint density at radius 1 is 1.17 bits per heavy atom. The van der Waals surface area contributed by atoms with Gasteiger partial charge in [0.05, 0.1) is 5.71 Å². The van der Waals surface area contributed by atoms with E-state index in [9.17, 15) is 0 Å². The van der Waals surface area contributed by atoms with Crippen LogP contribution in [0, 0.1) is 11.8 Å². The van der Waals surface area contributed by atoms with E-state index in [0.29, 0.717) is 18.4 Å². The fourth-order valence-electron chi connectivity index (χ4n) is 3.25. The molecule has 0 radical (unpaired) electrons. The molecule has 3 nitrogen and oxygen atoms in total. The molecule has 0 saturated heterocycles. The van der Waals surface area contributed by atoms with Gasteiger partial charge < -0.3 is 10.8 Å². The number of aliphatic hydroxyl groups excluding tert-OH is 1. The van der Waals surface area contributed by atoms with Crippen molar-refractivity contribution in [3.05, 3.63) is 48.7 Å². The number of hydrogen-bond donors (Lipinski definition) is 2. The lowest BCUT2D eigenvalue weighted by molar-refractivity contribution is 0.257. The van der Waals surface area contributed by atoms with Crippen LogP contribution in [0.5, 0.6) is 0 Å². The number of nitrogens with two attached hydrogens (primary N) is 1. The first-order chi connectivity index (χ1) is 11.7. The third-order valence-electron chi connectivity index (χ3n) is 4.72. The molecule has 0 aromatic heterocycles. The normalized spacial score (nSPS) is 19.8. The lowest BCUT2D eigenvalue weighted by Crippen LogP contribution is -2.16. The van der Waals surface area contributed by atoms with Gasteiger partial charge in [-0.05, 0) is 62.1 Å². The summed E-state index contributed by atoms with van der Waals surface area (Å²) < 4.78 is 0. The van der Waals surface area contributed by atoms with Crippen LogP contribution in [0.15, 0.2) is 53.7 Å². The number of unbranched alkanes of at least 4 members (excludes halogenated alkanes) is 2. The Hall–Kier alpha value is -1.45. The van der Waals surface area contributed by atoms with Gasteiger partial charge in [0.25, 0.3) is 0 Å². The molecule has 134 valence electrons.